The van der Waals surface area contributed by atoms with Gasteiger partial charge >= 0.3 is 0 Å². The maximum absolute atomic E-state index is 12.9. The summed E-state index contributed by atoms with van der Waals surface area (Å²) in [5.74, 6) is 1.14. The molecule has 2 aromatic carbocycles. The molecule has 28 heavy (non-hydrogen) atoms. The van der Waals surface area contributed by atoms with Crippen LogP contribution < -0.4 is 9.88 Å². The van der Waals surface area contributed by atoms with E-state index in [-0.39, 0.29) is 10.7 Å². The zero-order valence-corrected chi connectivity index (χ0v) is 17.1. The molecule has 3 aromatic rings. The van der Waals surface area contributed by atoms with Crippen molar-refractivity contribution in [1.82, 2.24) is 9.55 Å². The predicted octanol–water partition coefficient (Wildman–Crippen LogP) is 3.79. The Morgan fingerprint density at radius 1 is 1.21 bits per heavy atom. The van der Waals surface area contributed by atoms with Gasteiger partial charge in [0.05, 0.1) is 22.5 Å². The number of nitrogens with two attached hydrogens (primary N) is 1. The summed E-state index contributed by atoms with van der Waals surface area (Å²) in [6, 6.07) is 10.7. The van der Waals surface area contributed by atoms with Gasteiger partial charge in [-0.3, -0.25) is 0 Å². The van der Waals surface area contributed by atoms with E-state index < -0.39 is 10.0 Å². The van der Waals surface area contributed by atoms with Gasteiger partial charge in [-0.15, -0.1) is 0 Å². The van der Waals surface area contributed by atoms with Crippen molar-refractivity contribution >= 4 is 32.8 Å². The number of halogens is 1. The van der Waals surface area contributed by atoms with E-state index in [9.17, 15) is 12.8 Å². The first-order valence-corrected chi connectivity index (χ1v) is 11.5. The maximum atomic E-state index is 12.9. The number of aryl methyl sites for hydroxylation is 1. The Labute approximate surface area is 168 Å². The van der Waals surface area contributed by atoms with Crippen LogP contribution in [0.4, 0.5) is 4.39 Å². The van der Waals surface area contributed by atoms with Crippen LogP contribution in [0.25, 0.3) is 11.0 Å². The third-order valence-corrected chi connectivity index (χ3v) is 6.04. The molecule has 0 saturated heterocycles. The monoisotopic (exact) mass is 423 g/mol. The average Bonchev–Trinajstić information content (AvgIpc) is 2.99. The van der Waals surface area contributed by atoms with Gasteiger partial charge in [-0.05, 0) is 55.3 Å². The normalized spacial score (nSPS) is 11.8. The zero-order chi connectivity index (χ0) is 20.1. The number of ether oxygens (including phenoxy) is 1. The van der Waals surface area contributed by atoms with E-state index in [1.54, 1.807) is 30.0 Å². The molecule has 6 nitrogen and oxygen atoms in total. The molecule has 0 aliphatic rings. The van der Waals surface area contributed by atoms with Gasteiger partial charge in [0.2, 0.25) is 10.0 Å². The Kier molecular flexibility index (Phi) is 6.58. The van der Waals surface area contributed by atoms with Gasteiger partial charge in [0.25, 0.3) is 0 Å². The Hall–Kier alpha value is -2.10. The Morgan fingerprint density at radius 3 is 2.64 bits per heavy atom. The molecule has 9 heteroatoms. The lowest BCUT2D eigenvalue weighted by atomic mass is 10.3. The van der Waals surface area contributed by atoms with Crippen LogP contribution in [0.3, 0.4) is 0 Å². The molecule has 0 unspecified atom stereocenters. The van der Waals surface area contributed by atoms with Crippen LogP contribution in [-0.2, 0) is 16.6 Å². The molecular formula is C19H22FN3O3S2. The molecule has 0 radical (unpaired) electrons. The number of hydrogen-bond donors (Lipinski definition) is 1. The molecule has 2 N–H and O–H groups in total. The molecule has 0 fully saturated rings. The second kappa shape index (κ2) is 8.93. The first-order valence-electron chi connectivity index (χ1n) is 8.92. The number of nitrogens with zero attached hydrogens (tertiary/aromatic N) is 2. The molecule has 0 aliphatic heterocycles. The summed E-state index contributed by atoms with van der Waals surface area (Å²) in [5.41, 5.74) is 1.50. The van der Waals surface area contributed by atoms with Gasteiger partial charge in [0.1, 0.15) is 11.6 Å². The van der Waals surface area contributed by atoms with E-state index in [2.05, 4.69) is 16.5 Å². The first kappa shape index (κ1) is 20.6. The molecular weight excluding hydrogens is 401 g/mol. The Morgan fingerprint density at radius 2 is 1.96 bits per heavy atom. The highest BCUT2D eigenvalue weighted by Crippen LogP contribution is 2.26. The van der Waals surface area contributed by atoms with Gasteiger partial charge in [-0.1, -0.05) is 18.7 Å². The largest absolute Gasteiger partial charge is 0.494 e. The van der Waals surface area contributed by atoms with Gasteiger partial charge < -0.3 is 9.30 Å². The summed E-state index contributed by atoms with van der Waals surface area (Å²) in [6.07, 6.45) is 1.73. The zero-order valence-electron chi connectivity index (χ0n) is 15.5. The fourth-order valence-electron chi connectivity index (χ4n) is 2.76. The fourth-order valence-corrected chi connectivity index (χ4v) is 4.24. The standard InChI is InChI=1S/C19H22FN3O3S2/c1-2-10-23-18-9-8-16(28(21,24)25)13-17(18)22-19(23)27-12-3-11-26-15-6-4-14(20)5-7-15/h4-9,13H,2-3,10-12H2,1H3,(H2,21,24,25). The maximum Gasteiger partial charge on any atom is 0.238 e. The van der Waals surface area contributed by atoms with Crippen molar-refractivity contribution in [3.63, 3.8) is 0 Å². The Bertz CT molecular complexity index is 1050. The van der Waals surface area contributed by atoms with Crippen molar-refractivity contribution < 1.29 is 17.5 Å². The third kappa shape index (κ3) is 5.03. The predicted molar refractivity (Wildman–Crippen MR) is 109 cm³/mol. The first-order chi connectivity index (χ1) is 13.4. The molecule has 0 atom stereocenters. The number of hydrogen-bond acceptors (Lipinski definition) is 5. The van der Waals surface area contributed by atoms with Crippen molar-refractivity contribution in [2.24, 2.45) is 5.14 Å². The van der Waals surface area contributed by atoms with Crippen molar-refractivity contribution in [3.05, 3.63) is 48.3 Å². The number of fused-ring (bicyclic) bond motifs is 1. The number of aromatic nitrogens is 2. The van der Waals surface area contributed by atoms with Crippen LogP contribution in [-0.4, -0.2) is 30.3 Å². The number of benzene rings is 2. The van der Waals surface area contributed by atoms with E-state index in [4.69, 9.17) is 9.88 Å². The molecule has 0 bridgehead atoms. The minimum atomic E-state index is -3.76. The molecule has 0 saturated carbocycles. The van der Waals surface area contributed by atoms with Crippen molar-refractivity contribution in [1.29, 1.82) is 0 Å². The van der Waals surface area contributed by atoms with Crippen LogP contribution in [0.15, 0.2) is 52.5 Å². The molecule has 0 amide bonds. The lowest BCUT2D eigenvalue weighted by Crippen LogP contribution is -2.11. The van der Waals surface area contributed by atoms with Crippen molar-refractivity contribution in [3.8, 4) is 5.75 Å². The quantitative estimate of drug-likeness (QED) is 0.418. The highest BCUT2D eigenvalue weighted by Gasteiger charge is 2.14. The van der Waals surface area contributed by atoms with Crippen LogP contribution >= 0.6 is 11.8 Å². The van der Waals surface area contributed by atoms with Gasteiger partial charge in [-0.25, -0.2) is 22.9 Å². The lowest BCUT2D eigenvalue weighted by molar-refractivity contribution is 0.318. The van der Waals surface area contributed by atoms with Crippen LogP contribution in [0.2, 0.25) is 0 Å². The van der Waals surface area contributed by atoms with Crippen molar-refractivity contribution in [2.75, 3.05) is 12.4 Å². The molecule has 3 rings (SSSR count). The second-order valence-corrected chi connectivity index (χ2v) is 8.87. The topological polar surface area (TPSA) is 87.2 Å². The van der Waals surface area contributed by atoms with Crippen molar-refractivity contribution in [2.45, 2.75) is 36.4 Å². The summed E-state index contributed by atoms with van der Waals surface area (Å²) in [4.78, 5) is 4.65. The molecule has 1 aromatic heterocycles. The average molecular weight is 424 g/mol. The van der Waals surface area contributed by atoms with E-state index >= 15 is 0 Å². The number of rotatable bonds is 9. The minimum Gasteiger partial charge on any atom is -0.494 e. The van der Waals surface area contributed by atoms with Gasteiger partial charge in [-0.2, -0.15) is 0 Å². The molecule has 0 spiro atoms. The summed E-state index contributed by atoms with van der Waals surface area (Å²) >= 11 is 1.59. The number of imidazole rings is 1. The third-order valence-electron chi connectivity index (χ3n) is 4.06. The minimum absolute atomic E-state index is 0.0606. The summed E-state index contributed by atoms with van der Waals surface area (Å²) in [5, 5.41) is 6.06. The van der Waals surface area contributed by atoms with Crippen LogP contribution in [0.5, 0.6) is 5.75 Å². The summed E-state index contributed by atoms with van der Waals surface area (Å²) in [7, 11) is -3.76. The van der Waals surface area contributed by atoms with E-state index in [0.717, 1.165) is 35.8 Å². The lowest BCUT2D eigenvalue weighted by Gasteiger charge is -2.08. The Balaban J connectivity index is 1.65. The summed E-state index contributed by atoms with van der Waals surface area (Å²) < 4.78 is 43.7. The van der Waals surface area contributed by atoms with E-state index in [1.807, 2.05) is 0 Å². The summed E-state index contributed by atoms with van der Waals surface area (Å²) in [6.45, 7) is 3.39. The van der Waals surface area contributed by atoms with Gasteiger partial charge in [0.15, 0.2) is 5.16 Å². The fraction of sp³-hybridized carbons (Fsp3) is 0.316. The van der Waals surface area contributed by atoms with E-state index in [1.165, 1.54) is 24.3 Å². The van der Waals surface area contributed by atoms with E-state index in [0.29, 0.717) is 17.9 Å². The smallest absolute Gasteiger partial charge is 0.238 e. The highest BCUT2D eigenvalue weighted by molar-refractivity contribution is 7.99. The SMILES string of the molecule is CCCn1c(SCCCOc2ccc(F)cc2)nc2cc(S(N)(=O)=O)ccc21. The number of thioether (sulfide) groups is 1. The molecule has 0 aliphatic carbocycles. The highest BCUT2D eigenvalue weighted by atomic mass is 32.2. The van der Waals surface area contributed by atoms with Gasteiger partial charge in [0, 0.05) is 12.3 Å². The number of primary sulfonamides is 1. The molecule has 150 valence electrons. The second-order valence-electron chi connectivity index (χ2n) is 6.25. The van der Waals surface area contributed by atoms with Crippen LogP contribution in [0.1, 0.15) is 19.8 Å². The number of sulfonamides is 1. The van der Waals surface area contributed by atoms with Crippen LogP contribution in [0, 0.1) is 5.82 Å². The molecule has 1 heterocycles.